The highest BCUT2D eigenvalue weighted by Gasteiger charge is 2.20. The van der Waals surface area contributed by atoms with Crippen molar-refractivity contribution in [1.82, 2.24) is 15.2 Å². The second-order valence-corrected chi connectivity index (χ2v) is 6.71. The molecule has 0 unspecified atom stereocenters. The molecule has 26 heavy (non-hydrogen) atoms. The van der Waals surface area contributed by atoms with Crippen molar-refractivity contribution in [3.05, 3.63) is 57.8 Å². The van der Waals surface area contributed by atoms with Gasteiger partial charge in [-0.3, -0.25) is 9.59 Å². The topological polar surface area (TPSA) is 74.3 Å². The van der Waals surface area contributed by atoms with E-state index in [0.29, 0.717) is 40.1 Å². The maximum Gasteiger partial charge on any atom is 0.257 e. The van der Waals surface area contributed by atoms with E-state index in [1.807, 2.05) is 0 Å². The molecular weight excluding hydrogens is 375 g/mol. The number of nitrogens with one attached hydrogen (secondary N) is 2. The fourth-order valence-corrected chi connectivity index (χ4v) is 3.07. The minimum Gasteiger partial charge on any atom is -0.337 e. The third-order valence-electron chi connectivity index (χ3n) is 4.07. The summed E-state index contributed by atoms with van der Waals surface area (Å²) in [5.41, 5.74) is 1.31. The maximum atomic E-state index is 12.7. The Hall–Kier alpha value is -2.15. The lowest BCUT2D eigenvalue weighted by Gasteiger charge is -2.20. The van der Waals surface area contributed by atoms with E-state index >= 15 is 0 Å². The van der Waals surface area contributed by atoms with E-state index in [4.69, 9.17) is 23.2 Å². The predicted molar refractivity (Wildman–Crippen MR) is 102 cm³/mol. The van der Waals surface area contributed by atoms with Crippen molar-refractivity contribution in [3.63, 3.8) is 0 Å². The zero-order chi connectivity index (χ0) is 18.5. The molecule has 136 valence electrons. The van der Waals surface area contributed by atoms with E-state index in [0.717, 1.165) is 19.5 Å². The summed E-state index contributed by atoms with van der Waals surface area (Å²) in [6, 6.07) is 8.00. The molecule has 0 radical (unpaired) electrons. The number of aromatic nitrogens is 1. The number of benzene rings is 1. The van der Waals surface area contributed by atoms with Gasteiger partial charge in [0.15, 0.2) is 0 Å². The first-order valence-corrected chi connectivity index (χ1v) is 9.02. The zero-order valence-corrected chi connectivity index (χ0v) is 15.5. The number of pyridine rings is 1. The Morgan fingerprint density at radius 2 is 1.96 bits per heavy atom. The molecule has 0 spiro atoms. The number of hydrogen-bond acceptors (Lipinski definition) is 4. The smallest absolute Gasteiger partial charge is 0.257 e. The van der Waals surface area contributed by atoms with Crippen LogP contribution in [0, 0.1) is 0 Å². The highest BCUT2D eigenvalue weighted by molar-refractivity contribution is 6.34. The van der Waals surface area contributed by atoms with E-state index in [9.17, 15) is 9.59 Å². The van der Waals surface area contributed by atoms with Gasteiger partial charge in [-0.25, -0.2) is 4.98 Å². The number of nitrogens with zero attached hydrogens (tertiary/aromatic N) is 2. The molecule has 8 heteroatoms. The number of carbonyl (C=O) groups excluding carboxylic acids is 2. The van der Waals surface area contributed by atoms with Crippen LogP contribution in [0.3, 0.4) is 0 Å². The number of rotatable bonds is 3. The van der Waals surface area contributed by atoms with Gasteiger partial charge in [0.1, 0.15) is 5.15 Å². The Morgan fingerprint density at radius 1 is 1.12 bits per heavy atom. The highest BCUT2D eigenvalue weighted by atomic mass is 35.5. The number of carbonyl (C=O) groups is 2. The molecule has 2 amide bonds. The van der Waals surface area contributed by atoms with E-state index in [2.05, 4.69) is 15.6 Å². The SMILES string of the molecule is O=C(Nc1ccc(C(=O)N2CCCNCC2)c(Cl)c1)c1ccc(Cl)nc1. The average molecular weight is 393 g/mol. The third-order valence-corrected chi connectivity index (χ3v) is 4.61. The van der Waals surface area contributed by atoms with Crippen LogP contribution in [0.1, 0.15) is 27.1 Å². The van der Waals surface area contributed by atoms with E-state index in [1.165, 1.54) is 6.20 Å². The summed E-state index contributed by atoms with van der Waals surface area (Å²) in [4.78, 5) is 30.6. The molecule has 2 N–H and O–H groups in total. The van der Waals surface area contributed by atoms with Gasteiger partial charge in [0.25, 0.3) is 11.8 Å². The normalized spacial score (nSPS) is 14.6. The quantitative estimate of drug-likeness (QED) is 0.787. The Bertz CT molecular complexity index is 803. The molecule has 0 aliphatic carbocycles. The molecule has 1 aliphatic rings. The molecule has 2 aromatic rings. The maximum absolute atomic E-state index is 12.7. The molecule has 1 saturated heterocycles. The van der Waals surface area contributed by atoms with E-state index in [1.54, 1.807) is 35.2 Å². The Labute approximate surface area is 161 Å². The van der Waals surface area contributed by atoms with Crippen molar-refractivity contribution in [2.45, 2.75) is 6.42 Å². The Balaban J connectivity index is 1.71. The average Bonchev–Trinajstić information content (AvgIpc) is 2.91. The third kappa shape index (κ3) is 4.52. The first-order chi connectivity index (χ1) is 12.5. The molecular formula is C18H18Cl2N4O2. The lowest BCUT2D eigenvalue weighted by Crippen LogP contribution is -2.34. The Morgan fingerprint density at radius 3 is 2.69 bits per heavy atom. The summed E-state index contributed by atoms with van der Waals surface area (Å²) in [7, 11) is 0. The van der Waals surface area contributed by atoms with Crippen molar-refractivity contribution in [2.24, 2.45) is 0 Å². The number of amides is 2. The summed E-state index contributed by atoms with van der Waals surface area (Å²) >= 11 is 12.0. The zero-order valence-electron chi connectivity index (χ0n) is 14.0. The highest BCUT2D eigenvalue weighted by Crippen LogP contribution is 2.23. The predicted octanol–water partition coefficient (Wildman–Crippen LogP) is 3.08. The summed E-state index contributed by atoms with van der Waals surface area (Å²) in [5, 5.41) is 6.61. The van der Waals surface area contributed by atoms with E-state index in [-0.39, 0.29) is 11.8 Å². The first kappa shape index (κ1) is 18.6. The van der Waals surface area contributed by atoms with Crippen LogP contribution in [0.5, 0.6) is 0 Å². The number of hydrogen-bond donors (Lipinski definition) is 2. The largest absolute Gasteiger partial charge is 0.337 e. The van der Waals surface area contributed by atoms with Crippen LogP contribution in [0.25, 0.3) is 0 Å². The molecule has 0 atom stereocenters. The molecule has 1 aromatic carbocycles. The molecule has 6 nitrogen and oxygen atoms in total. The van der Waals surface area contributed by atoms with Gasteiger partial charge in [-0.1, -0.05) is 23.2 Å². The van der Waals surface area contributed by atoms with Gasteiger partial charge < -0.3 is 15.5 Å². The van der Waals surface area contributed by atoms with Crippen molar-refractivity contribution < 1.29 is 9.59 Å². The van der Waals surface area contributed by atoms with Crippen LogP contribution in [0.2, 0.25) is 10.2 Å². The fraction of sp³-hybridized carbons (Fsp3) is 0.278. The lowest BCUT2D eigenvalue weighted by atomic mass is 10.1. The number of halogens is 2. The summed E-state index contributed by atoms with van der Waals surface area (Å²) in [5.74, 6) is -0.429. The monoisotopic (exact) mass is 392 g/mol. The van der Waals surface area contributed by atoms with Gasteiger partial charge in [-0.15, -0.1) is 0 Å². The second-order valence-electron chi connectivity index (χ2n) is 5.91. The van der Waals surface area contributed by atoms with Gasteiger partial charge in [0, 0.05) is 31.5 Å². The van der Waals surface area contributed by atoms with E-state index < -0.39 is 0 Å². The summed E-state index contributed by atoms with van der Waals surface area (Å²) in [6.07, 6.45) is 2.30. The van der Waals surface area contributed by atoms with Crippen molar-refractivity contribution >= 4 is 40.7 Å². The van der Waals surface area contributed by atoms with Gasteiger partial charge in [-0.05, 0) is 43.3 Å². The standard InChI is InChI=1S/C18H18Cl2N4O2/c19-15-10-13(23-17(25)12-2-5-16(20)22-11-12)3-4-14(15)18(26)24-8-1-6-21-7-9-24/h2-5,10-11,21H,1,6-9H2,(H,23,25). The number of anilines is 1. The minimum absolute atomic E-state index is 0.0986. The van der Waals surface area contributed by atoms with Crippen LogP contribution in [-0.4, -0.2) is 47.9 Å². The van der Waals surface area contributed by atoms with Crippen LogP contribution in [-0.2, 0) is 0 Å². The van der Waals surface area contributed by atoms with Crippen LogP contribution >= 0.6 is 23.2 Å². The van der Waals surface area contributed by atoms with Gasteiger partial charge in [-0.2, -0.15) is 0 Å². The van der Waals surface area contributed by atoms with Crippen LogP contribution in [0.15, 0.2) is 36.5 Å². The van der Waals surface area contributed by atoms with Crippen molar-refractivity contribution in [3.8, 4) is 0 Å². The van der Waals surface area contributed by atoms with Crippen LogP contribution < -0.4 is 10.6 Å². The summed E-state index contributed by atoms with van der Waals surface area (Å²) in [6.45, 7) is 3.02. The second kappa shape index (κ2) is 8.49. The first-order valence-electron chi connectivity index (χ1n) is 8.27. The van der Waals surface area contributed by atoms with Crippen molar-refractivity contribution in [1.29, 1.82) is 0 Å². The summed E-state index contributed by atoms with van der Waals surface area (Å²) < 4.78 is 0. The van der Waals surface area contributed by atoms with Gasteiger partial charge in [0.05, 0.1) is 16.1 Å². The lowest BCUT2D eigenvalue weighted by molar-refractivity contribution is 0.0766. The molecule has 1 aromatic heterocycles. The fourth-order valence-electron chi connectivity index (χ4n) is 2.70. The van der Waals surface area contributed by atoms with Crippen LogP contribution in [0.4, 0.5) is 5.69 Å². The van der Waals surface area contributed by atoms with Gasteiger partial charge >= 0.3 is 0 Å². The van der Waals surface area contributed by atoms with Crippen molar-refractivity contribution in [2.75, 3.05) is 31.5 Å². The molecule has 2 heterocycles. The Kier molecular flexibility index (Phi) is 6.08. The van der Waals surface area contributed by atoms with Gasteiger partial charge in [0.2, 0.25) is 0 Å². The molecule has 0 saturated carbocycles. The molecule has 0 bridgehead atoms. The molecule has 1 aliphatic heterocycles. The molecule has 1 fully saturated rings. The minimum atomic E-state index is -0.331. The molecule has 3 rings (SSSR count).